The first-order chi connectivity index (χ1) is 23.0. The molecule has 0 aromatic heterocycles. The molecule has 1 aliphatic heterocycles. The number of fused-ring (bicyclic) bond motifs is 2. The molecule has 0 radical (unpaired) electrons. The predicted molar refractivity (Wildman–Crippen MR) is 180 cm³/mol. The van der Waals surface area contributed by atoms with Crippen LogP contribution in [-0.2, 0) is 34.6 Å². The summed E-state index contributed by atoms with van der Waals surface area (Å²) in [6.07, 6.45) is 1.31. The molecule has 1 heterocycles. The Bertz CT molecular complexity index is 1680. The molecule has 4 rings (SSSR count). The van der Waals surface area contributed by atoms with Crippen LogP contribution < -0.4 is 30.1 Å². The van der Waals surface area contributed by atoms with Gasteiger partial charge >= 0.3 is 5.97 Å². The molecule has 1 aliphatic carbocycles. The van der Waals surface area contributed by atoms with Crippen LogP contribution in [-0.4, -0.2) is 81.8 Å². The van der Waals surface area contributed by atoms with Gasteiger partial charge in [-0.1, -0.05) is 0 Å². The lowest BCUT2D eigenvalue weighted by atomic mass is 9.69. The molecule has 1 saturated carbocycles. The monoisotopic (exact) mass is 702 g/mol. The van der Waals surface area contributed by atoms with Gasteiger partial charge in [-0.2, -0.15) is 0 Å². The minimum Gasteiger partial charge on any atom is -0.495 e. The van der Waals surface area contributed by atoms with E-state index in [9.17, 15) is 27.6 Å². The van der Waals surface area contributed by atoms with Gasteiger partial charge in [0.1, 0.15) is 22.4 Å². The maximum absolute atomic E-state index is 14.4. The summed E-state index contributed by atoms with van der Waals surface area (Å²) in [5.74, 6) is -2.04. The van der Waals surface area contributed by atoms with E-state index in [1.54, 1.807) is 18.2 Å². The average Bonchev–Trinajstić information content (AvgIpc) is 3.28. The quantitative estimate of drug-likeness (QED) is 0.211. The van der Waals surface area contributed by atoms with Crippen molar-refractivity contribution in [2.24, 2.45) is 5.73 Å². The number of hydrogen-bond donors (Lipinski definition) is 4. The molecule has 1 atom stereocenters. The first-order valence-electron chi connectivity index (χ1n) is 16.3. The molecule has 1 unspecified atom stereocenters. The third-order valence-corrected chi connectivity index (χ3v) is 10.3. The second-order valence-corrected chi connectivity index (χ2v) is 15.0. The maximum Gasteiger partial charge on any atom is 0.320 e. The van der Waals surface area contributed by atoms with Crippen LogP contribution in [0.1, 0.15) is 82.1 Å². The number of hydrogen-bond acceptors (Lipinski definition) is 10. The SMILES string of the molecule is CCOc1ccc2c(c1)C1(CCC(OCCNC(=O)CCC(N)C(=O)O)CC1)C(=O)N2S(=O)(=O)c1ccc(C(=O)NC(C)(C)C)cc1OC. The number of ether oxygens (including phenoxy) is 3. The van der Waals surface area contributed by atoms with Gasteiger partial charge in [-0.25, -0.2) is 12.7 Å². The number of carboxylic acid groups (broad SMARTS) is 1. The van der Waals surface area contributed by atoms with Crippen LogP contribution in [0.25, 0.3) is 0 Å². The van der Waals surface area contributed by atoms with E-state index in [1.165, 1.54) is 25.3 Å². The zero-order valence-electron chi connectivity index (χ0n) is 28.5. The van der Waals surface area contributed by atoms with Gasteiger partial charge in [-0.15, -0.1) is 0 Å². The Labute approximate surface area is 286 Å². The van der Waals surface area contributed by atoms with E-state index < -0.39 is 44.8 Å². The van der Waals surface area contributed by atoms with Gasteiger partial charge in [0.05, 0.1) is 37.5 Å². The number of benzene rings is 2. The van der Waals surface area contributed by atoms with Crippen molar-refractivity contribution < 1.29 is 46.9 Å². The Balaban J connectivity index is 1.53. The molecule has 49 heavy (non-hydrogen) atoms. The number of aliphatic carboxylic acids is 1. The Kier molecular flexibility index (Phi) is 11.6. The third kappa shape index (κ3) is 8.33. The van der Waals surface area contributed by atoms with Crippen LogP contribution in [0.15, 0.2) is 41.3 Å². The van der Waals surface area contributed by atoms with E-state index in [0.29, 0.717) is 43.6 Å². The van der Waals surface area contributed by atoms with Crippen LogP contribution in [0, 0.1) is 0 Å². The number of anilines is 1. The minimum atomic E-state index is -4.50. The third-order valence-electron chi connectivity index (χ3n) is 8.60. The second-order valence-electron chi connectivity index (χ2n) is 13.2. The second kappa shape index (κ2) is 15.1. The van der Waals surface area contributed by atoms with Crippen molar-refractivity contribution >= 4 is 39.4 Å². The number of sulfonamides is 1. The zero-order valence-corrected chi connectivity index (χ0v) is 29.4. The van der Waals surface area contributed by atoms with Crippen LogP contribution in [0.3, 0.4) is 0 Å². The molecular weight excluding hydrogens is 656 g/mol. The van der Waals surface area contributed by atoms with Gasteiger partial charge in [0.15, 0.2) is 0 Å². The summed E-state index contributed by atoms with van der Waals surface area (Å²) in [5, 5.41) is 14.4. The highest BCUT2D eigenvalue weighted by Gasteiger charge is 2.56. The molecule has 5 N–H and O–H groups in total. The molecule has 268 valence electrons. The van der Waals surface area contributed by atoms with Crippen molar-refractivity contribution in [2.45, 2.75) is 94.2 Å². The van der Waals surface area contributed by atoms with Crippen molar-refractivity contribution in [3.05, 3.63) is 47.5 Å². The molecule has 1 spiro atoms. The number of nitrogens with zero attached hydrogens (tertiary/aromatic N) is 1. The largest absolute Gasteiger partial charge is 0.495 e. The molecule has 0 saturated heterocycles. The summed E-state index contributed by atoms with van der Waals surface area (Å²) in [6.45, 7) is 8.12. The summed E-state index contributed by atoms with van der Waals surface area (Å²) >= 11 is 0. The van der Waals surface area contributed by atoms with Crippen molar-refractivity contribution in [2.75, 3.05) is 31.2 Å². The fourth-order valence-electron chi connectivity index (χ4n) is 6.17. The van der Waals surface area contributed by atoms with Gasteiger partial charge in [-0.05, 0) is 102 Å². The lowest BCUT2D eigenvalue weighted by Gasteiger charge is -2.36. The molecule has 2 aliphatic rings. The Morgan fingerprint density at radius 1 is 1.12 bits per heavy atom. The molecule has 0 bridgehead atoms. The fraction of sp³-hybridized carbons (Fsp3) is 0.529. The van der Waals surface area contributed by atoms with E-state index in [0.717, 1.165) is 4.31 Å². The van der Waals surface area contributed by atoms with Gasteiger partial charge in [-0.3, -0.25) is 19.2 Å². The molecule has 3 amide bonds. The summed E-state index contributed by atoms with van der Waals surface area (Å²) in [4.78, 5) is 49.9. The van der Waals surface area contributed by atoms with Crippen molar-refractivity contribution in [1.29, 1.82) is 0 Å². The predicted octanol–water partition coefficient (Wildman–Crippen LogP) is 2.86. The number of carbonyl (C=O) groups excluding carboxylic acids is 3. The Hall–Kier alpha value is -4.21. The summed E-state index contributed by atoms with van der Waals surface area (Å²) < 4.78 is 46.7. The van der Waals surface area contributed by atoms with Crippen molar-refractivity contribution in [3.8, 4) is 11.5 Å². The van der Waals surface area contributed by atoms with Gasteiger partial charge in [0.2, 0.25) is 5.91 Å². The maximum atomic E-state index is 14.4. The summed E-state index contributed by atoms with van der Waals surface area (Å²) in [5.41, 5.74) is 4.77. The molecule has 2 aromatic carbocycles. The Morgan fingerprint density at radius 2 is 1.82 bits per heavy atom. The van der Waals surface area contributed by atoms with Gasteiger partial charge in [0, 0.05) is 24.1 Å². The number of nitrogens with two attached hydrogens (primary N) is 1. The van der Waals surface area contributed by atoms with Crippen LogP contribution in [0.2, 0.25) is 0 Å². The van der Waals surface area contributed by atoms with Crippen molar-refractivity contribution in [3.63, 3.8) is 0 Å². The number of carbonyl (C=O) groups is 4. The van der Waals surface area contributed by atoms with E-state index in [-0.39, 0.29) is 59.9 Å². The summed E-state index contributed by atoms with van der Waals surface area (Å²) in [7, 11) is -3.20. The zero-order chi connectivity index (χ0) is 36.1. The number of carboxylic acids is 1. The first kappa shape index (κ1) is 37.6. The standard InChI is InChI=1S/C34H46N4O10S/c1-6-47-23-8-10-26-24(20-23)34(15-13-22(14-16-34)48-18-17-36-29(39)12-9-25(35)31(41)42)32(43)38(26)49(44,45)28-11-7-21(19-27(28)46-5)30(40)37-33(2,3)4/h7-8,10-11,19-20,22,25H,6,9,12-18,35H2,1-5H3,(H,36,39)(H,37,40)(H,41,42). The van der Waals surface area contributed by atoms with Crippen molar-refractivity contribution in [1.82, 2.24) is 10.6 Å². The number of nitrogens with one attached hydrogen (secondary N) is 2. The van der Waals surface area contributed by atoms with E-state index in [1.807, 2.05) is 27.7 Å². The highest BCUT2D eigenvalue weighted by Crippen LogP contribution is 2.53. The highest BCUT2D eigenvalue weighted by atomic mass is 32.2. The molecule has 2 aromatic rings. The lowest BCUT2D eigenvalue weighted by molar-refractivity contribution is -0.138. The molecular formula is C34H46N4O10S. The van der Waals surface area contributed by atoms with Crippen LogP contribution in [0.4, 0.5) is 5.69 Å². The minimum absolute atomic E-state index is 0.0205. The lowest BCUT2D eigenvalue weighted by Crippen LogP contribution is -2.46. The molecule has 14 nitrogen and oxygen atoms in total. The van der Waals surface area contributed by atoms with E-state index in [2.05, 4.69) is 10.6 Å². The Morgan fingerprint density at radius 3 is 2.43 bits per heavy atom. The normalized spacial score (nSPS) is 19.7. The average molecular weight is 703 g/mol. The highest BCUT2D eigenvalue weighted by molar-refractivity contribution is 7.93. The topological polar surface area (TPSA) is 204 Å². The molecule has 15 heteroatoms. The van der Waals surface area contributed by atoms with Crippen LogP contribution >= 0.6 is 0 Å². The summed E-state index contributed by atoms with van der Waals surface area (Å²) in [6, 6.07) is 7.85. The number of methoxy groups -OCH3 is 1. The number of rotatable bonds is 14. The van der Waals surface area contributed by atoms with Gasteiger partial charge in [0.25, 0.3) is 21.8 Å². The smallest absolute Gasteiger partial charge is 0.320 e. The van der Waals surface area contributed by atoms with E-state index in [4.69, 9.17) is 25.1 Å². The molecule has 1 fully saturated rings. The van der Waals surface area contributed by atoms with Gasteiger partial charge < -0.3 is 35.7 Å². The van der Waals surface area contributed by atoms with Crippen LogP contribution in [0.5, 0.6) is 11.5 Å². The number of amides is 3. The fourth-order valence-corrected chi connectivity index (χ4v) is 7.82. The first-order valence-corrected chi connectivity index (χ1v) is 17.7. The van der Waals surface area contributed by atoms with E-state index >= 15 is 0 Å².